The summed E-state index contributed by atoms with van der Waals surface area (Å²) in [5.41, 5.74) is 1.03. The summed E-state index contributed by atoms with van der Waals surface area (Å²) in [6.07, 6.45) is 1.30. The first-order chi connectivity index (χ1) is 14.0. The van der Waals surface area contributed by atoms with Gasteiger partial charge in [0.2, 0.25) is 5.91 Å². The van der Waals surface area contributed by atoms with Crippen LogP contribution in [0.25, 0.3) is 0 Å². The fourth-order valence-corrected chi connectivity index (χ4v) is 5.18. The van der Waals surface area contributed by atoms with Gasteiger partial charge in [0.05, 0.1) is 16.3 Å². The number of carbonyl (C=O) groups excluding carboxylic acids is 2. The number of urea groups is 1. The van der Waals surface area contributed by atoms with Crippen LogP contribution in [0, 0.1) is 11.6 Å². The van der Waals surface area contributed by atoms with Gasteiger partial charge in [-0.1, -0.05) is 30.3 Å². The molecular weight excluding hydrogens is 396 g/mol. The molecular formula is C21H21F2N3O2S. The van der Waals surface area contributed by atoms with E-state index < -0.39 is 17.7 Å². The van der Waals surface area contributed by atoms with Crippen molar-refractivity contribution in [2.24, 2.45) is 0 Å². The maximum Gasteiger partial charge on any atom is 0.321 e. The maximum absolute atomic E-state index is 13.8. The van der Waals surface area contributed by atoms with E-state index in [0.29, 0.717) is 38.2 Å². The third kappa shape index (κ3) is 4.07. The summed E-state index contributed by atoms with van der Waals surface area (Å²) in [5, 5.41) is 2.50. The van der Waals surface area contributed by atoms with Crippen LogP contribution >= 0.6 is 11.8 Å². The second-order valence-corrected chi connectivity index (χ2v) is 8.58. The number of thioether (sulfide) groups is 1. The summed E-state index contributed by atoms with van der Waals surface area (Å²) in [6, 6.07) is 12.5. The molecule has 0 atom stereocenters. The number of anilines is 1. The molecule has 3 amide bonds. The third-order valence-electron chi connectivity index (χ3n) is 5.45. The van der Waals surface area contributed by atoms with Gasteiger partial charge in [0, 0.05) is 25.7 Å². The van der Waals surface area contributed by atoms with Crippen LogP contribution in [0.5, 0.6) is 0 Å². The van der Waals surface area contributed by atoms with Gasteiger partial charge in [-0.25, -0.2) is 13.6 Å². The van der Waals surface area contributed by atoms with Crippen molar-refractivity contribution >= 4 is 29.4 Å². The lowest BCUT2D eigenvalue weighted by Gasteiger charge is -2.44. The van der Waals surface area contributed by atoms with Crippen molar-refractivity contribution in [3.05, 3.63) is 65.7 Å². The second-order valence-electron chi connectivity index (χ2n) is 7.24. The minimum atomic E-state index is -0.808. The van der Waals surface area contributed by atoms with E-state index in [2.05, 4.69) is 5.32 Å². The summed E-state index contributed by atoms with van der Waals surface area (Å²) in [7, 11) is 0. The molecule has 4 rings (SSSR count). The van der Waals surface area contributed by atoms with Crippen LogP contribution in [-0.2, 0) is 11.3 Å². The minimum absolute atomic E-state index is 0.0483. The van der Waals surface area contributed by atoms with Gasteiger partial charge in [-0.2, -0.15) is 0 Å². The molecule has 2 aromatic rings. The van der Waals surface area contributed by atoms with Crippen LogP contribution in [0.4, 0.5) is 19.3 Å². The molecule has 2 aliphatic heterocycles. The van der Waals surface area contributed by atoms with E-state index in [1.54, 1.807) is 16.7 Å². The normalized spacial score (nSPS) is 18.3. The summed E-state index contributed by atoms with van der Waals surface area (Å²) < 4.78 is 26.8. The predicted molar refractivity (Wildman–Crippen MR) is 108 cm³/mol. The monoisotopic (exact) mass is 417 g/mol. The molecule has 0 bridgehead atoms. The van der Waals surface area contributed by atoms with Crippen LogP contribution in [-0.4, -0.2) is 45.5 Å². The molecule has 1 N–H and O–H groups in total. The highest BCUT2D eigenvalue weighted by Gasteiger charge is 2.48. The second kappa shape index (κ2) is 8.02. The van der Waals surface area contributed by atoms with Gasteiger partial charge in [0.1, 0.15) is 11.6 Å². The molecule has 2 fully saturated rings. The van der Waals surface area contributed by atoms with E-state index in [1.807, 2.05) is 35.2 Å². The van der Waals surface area contributed by atoms with Crippen molar-refractivity contribution in [2.45, 2.75) is 24.3 Å². The van der Waals surface area contributed by atoms with Gasteiger partial charge in [-0.15, -0.1) is 11.8 Å². The Morgan fingerprint density at radius 2 is 1.83 bits per heavy atom. The Morgan fingerprint density at radius 1 is 1.10 bits per heavy atom. The first kappa shape index (κ1) is 19.7. The lowest BCUT2D eigenvalue weighted by atomic mass is 10.0. The first-order valence-electron chi connectivity index (χ1n) is 9.46. The van der Waals surface area contributed by atoms with Gasteiger partial charge in [-0.05, 0) is 30.5 Å². The highest BCUT2D eigenvalue weighted by molar-refractivity contribution is 8.01. The number of carbonyl (C=O) groups is 2. The molecule has 0 unspecified atom stereocenters. The molecule has 2 aromatic carbocycles. The molecule has 1 spiro atoms. The minimum Gasteiger partial charge on any atom is -0.324 e. The molecule has 2 heterocycles. The molecule has 0 aromatic heterocycles. The van der Waals surface area contributed by atoms with E-state index in [0.717, 1.165) is 17.7 Å². The highest BCUT2D eigenvalue weighted by Crippen LogP contribution is 2.45. The van der Waals surface area contributed by atoms with Crippen LogP contribution in [0.1, 0.15) is 18.4 Å². The summed E-state index contributed by atoms with van der Waals surface area (Å²) in [4.78, 5) is 28.3. The topological polar surface area (TPSA) is 52.7 Å². The van der Waals surface area contributed by atoms with Crippen LogP contribution in [0.3, 0.4) is 0 Å². The van der Waals surface area contributed by atoms with Gasteiger partial charge in [-0.3, -0.25) is 4.79 Å². The molecule has 152 valence electrons. The third-order valence-corrected chi connectivity index (χ3v) is 7.00. The SMILES string of the molecule is O=C(Nc1ccc(F)cc1F)N1CCC2(CC1)SCC(=O)N2Cc1ccccc1. The van der Waals surface area contributed by atoms with Crippen molar-refractivity contribution in [2.75, 3.05) is 24.2 Å². The number of halogens is 2. The first-order valence-corrected chi connectivity index (χ1v) is 10.4. The zero-order valence-corrected chi connectivity index (χ0v) is 16.6. The summed E-state index contributed by atoms with van der Waals surface area (Å²) in [5.74, 6) is -0.940. The molecule has 2 saturated heterocycles. The zero-order valence-electron chi connectivity index (χ0n) is 15.7. The van der Waals surface area contributed by atoms with Crippen molar-refractivity contribution in [3.8, 4) is 0 Å². The van der Waals surface area contributed by atoms with Gasteiger partial charge < -0.3 is 15.1 Å². The standard InChI is InChI=1S/C21H21F2N3O2S/c22-16-6-7-18(17(23)12-16)24-20(28)25-10-8-21(9-11-25)26(19(27)14-29-21)13-15-4-2-1-3-5-15/h1-7,12H,8-11,13-14H2,(H,24,28). The van der Waals surface area contributed by atoms with Gasteiger partial charge in [0.25, 0.3) is 0 Å². The number of hydrogen-bond acceptors (Lipinski definition) is 3. The van der Waals surface area contributed by atoms with E-state index >= 15 is 0 Å². The summed E-state index contributed by atoms with van der Waals surface area (Å²) in [6.45, 7) is 1.47. The van der Waals surface area contributed by atoms with Gasteiger partial charge >= 0.3 is 6.03 Å². The Bertz CT molecular complexity index is 917. The fourth-order valence-electron chi connectivity index (χ4n) is 3.84. The maximum atomic E-state index is 13.8. The van der Waals surface area contributed by atoms with E-state index in [4.69, 9.17) is 0 Å². The highest BCUT2D eigenvalue weighted by atomic mass is 32.2. The lowest BCUT2D eigenvalue weighted by Crippen LogP contribution is -2.53. The number of piperidine rings is 1. The number of nitrogens with one attached hydrogen (secondary N) is 1. The van der Waals surface area contributed by atoms with Gasteiger partial charge in [0.15, 0.2) is 0 Å². The molecule has 5 nitrogen and oxygen atoms in total. The average Bonchev–Trinajstić information content (AvgIpc) is 3.01. The van der Waals surface area contributed by atoms with Crippen LogP contribution in [0.2, 0.25) is 0 Å². The summed E-state index contributed by atoms with van der Waals surface area (Å²) >= 11 is 1.64. The molecule has 0 aliphatic carbocycles. The van der Waals surface area contributed by atoms with Crippen molar-refractivity contribution < 1.29 is 18.4 Å². The number of benzene rings is 2. The number of amides is 3. The van der Waals surface area contributed by atoms with Crippen molar-refractivity contribution in [3.63, 3.8) is 0 Å². The lowest BCUT2D eigenvalue weighted by molar-refractivity contribution is -0.131. The van der Waals surface area contributed by atoms with Crippen molar-refractivity contribution in [1.82, 2.24) is 9.80 Å². The molecule has 2 aliphatic rings. The Labute approximate surface area is 172 Å². The Hall–Kier alpha value is -2.61. The van der Waals surface area contributed by atoms with E-state index in [9.17, 15) is 18.4 Å². The number of nitrogens with zero attached hydrogens (tertiary/aromatic N) is 2. The molecule has 8 heteroatoms. The molecule has 0 saturated carbocycles. The molecule has 29 heavy (non-hydrogen) atoms. The van der Waals surface area contributed by atoms with Crippen LogP contribution < -0.4 is 5.32 Å². The van der Waals surface area contributed by atoms with Crippen LogP contribution in [0.15, 0.2) is 48.5 Å². The van der Waals surface area contributed by atoms with E-state index in [-0.39, 0.29) is 16.5 Å². The Morgan fingerprint density at radius 3 is 2.52 bits per heavy atom. The molecule has 0 radical (unpaired) electrons. The number of likely N-dealkylation sites (tertiary alicyclic amines) is 1. The Balaban J connectivity index is 1.41. The smallest absolute Gasteiger partial charge is 0.321 e. The number of rotatable bonds is 3. The van der Waals surface area contributed by atoms with E-state index in [1.165, 1.54) is 6.07 Å². The van der Waals surface area contributed by atoms with Crippen molar-refractivity contribution in [1.29, 1.82) is 0 Å². The quantitative estimate of drug-likeness (QED) is 0.819. The zero-order chi connectivity index (χ0) is 20.4. The Kier molecular flexibility index (Phi) is 5.45. The fraction of sp³-hybridized carbons (Fsp3) is 0.333. The predicted octanol–water partition coefficient (Wildman–Crippen LogP) is 4.06. The number of hydrogen-bond donors (Lipinski definition) is 1. The largest absolute Gasteiger partial charge is 0.324 e. The average molecular weight is 417 g/mol.